The molecule has 20 heavy (non-hydrogen) atoms. The van der Waals surface area contributed by atoms with Crippen LogP contribution in [0.1, 0.15) is 52.8 Å². The van der Waals surface area contributed by atoms with Gasteiger partial charge in [0.15, 0.2) is 0 Å². The summed E-state index contributed by atoms with van der Waals surface area (Å²) in [6.07, 6.45) is 3.77. The Morgan fingerprint density at radius 1 is 0.800 bits per heavy atom. The molecule has 0 aliphatic heterocycles. The topological polar surface area (TPSA) is 25.8 Å². The van der Waals surface area contributed by atoms with Crippen LogP contribution in [0.25, 0.3) is 11.3 Å². The van der Waals surface area contributed by atoms with Crippen LogP contribution in [-0.2, 0) is 10.8 Å². The summed E-state index contributed by atoms with van der Waals surface area (Å²) in [5.74, 6) is 0. The zero-order valence-electron chi connectivity index (χ0n) is 13.4. The van der Waals surface area contributed by atoms with Gasteiger partial charge in [-0.2, -0.15) is 0 Å². The predicted molar refractivity (Wildman–Crippen MR) is 84.9 cm³/mol. The van der Waals surface area contributed by atoms with Crippen molar-refractivity contribution in [1.82, 2.24) is 9.97 Å². The number of rotatable bonds is 1. The van der Waals surface area contributed by atoms with Gasteiger partial charge >= 0.3 is 0 Å². The molecule has 0 saturated heterocycles. The molecule has 0 atom stereocenters. The van der Waals surface area contributed by atoms with E-state index < -0.39 is 0 Å². The number of hydrogen-bond acceptors (Lipinski definition) is 2. The zero-order chi connectivity index (χ0) is 15.0. The zero-order valence-corrected chi connectivity index (χ0v) is 13.4. The molecule has 0 saturated carbocycles. The number of benzene rings is 1. The van der Waals surface area contributed by atoms with Crippen LogP contribution in [0.2, 0.25) is 0 Å². The molecule has 106 valence electrons. The summed E-state index contributed by atoms with van der Waals surface area (Å²) in [6.45, 7) is 13.1. The molecule has 0 radical (unpaired) electrons. The van der Waals surface area contributed by atoms with Crippen molar-refractivity contribution >= 4 is 0 Å². The summed E-state index contributed by atoms with van der Waals surface area (Å²) in [5.41, 5.74) is 4.59. The van der Waals surface area contributed by atoms with Gasteiger partial charge in [0.1, 0.15) is 0 Å². The molecule has 0 amide bonds. The Morgan fingerprint density at radius 2 is 1.50 bits per heavy atom. The van der Waals surface area contributed by atoms with Gasteiger partial charge in [-0.25, -0.2) is 0 Å². The second kappa shape index (κ2) is 5.01. The molecular weight excluding hydrogens is 244 g/mol. The van der Waals surface area contributed by atoms with Crippen molar-refractivity contribution < 1.29 is 0 Å². The molecule has 0 spiro atoms. The highest BCUT2D eigenvalue weighted by molar-refractivity contribution is 5.59. The van der Waals surface area contributed by atoms with Crippen LogP contribution in [0.4, 0.5) is 0 Å². The van der Waals surface area contributed by atoms with Crippen LogP contribution < -0.4 is 0 Å². The van der Waals surface area contributed by atoms with Gasteiger partial charge in [0.2, 0.25) is 0 Å². The lowest BCUT2D eigenvalue weighted by Gasteiger charge is -2.20. The fourth-order valence-corrected chi connectivity index (χ4v) is 2.01. The van der Waals surface area contributed by atoms with Gasteiger partial charge in [-0.1, -0.05) is 59.7 Å². The molecule has 2 heteroatoms. The van der Waals surface area contributed by atoms with Gasteiger partial charge in [0, 0.05) is 17.2 Å². The third-order valence-electron chi connectivity index (χ3n) is 3.44. The first-order valence-electron chi connectivity index (χ1n) is 7.11. The molecule has 0 aliphatic rings. The first kappa shape index (κ1) is 14.7. The third kappa shape index (κ3) is 3.24. The Hall–Kier alpha value is -1.70. The van der Waals surface area contributed by atoms with Crippen molar-refractivity contribution in [3.63, 3.8) is 0 Å². The van der Waals surface area contributed by atoms with E-state index in [0.717, 1.165) is 17.0 Å². The molecule has 0 unspecified atom stereocenters. The minimum absolute atomic E-state index is 0.0405. The van der Waals surface area contributed by atoms with Gasteiger partial charge in [0.05, 0.1) is 17.6 Å². The highest BCUT2D eigenvalue weighted by atomic mass is 14.8. The number of nitrogens with zero attached hydrogens (tertiary/aromatic N) is 2. The predicted octanol–water partition coefficient (Wildman–Crippen LogP) is 4.74. The number of aromatic nitrogens is 2. The Bertz CT molecular complexity index is 584. The molecule has 0 aliphatic carbocycles. The van der Waals surface area contributed by atoms with Crippen molar-refractivity contribution in [1.29, 1.82) is 0 Å². The largest absolute Gasteiger partial charge is 0.257 e. The second-order valence-corrected chi connectivity index (χ2v) is 7.37. The Morgan fingerprint density at radius 3 is 2.00 bits per heavy atom. The van der Waals surface area contributed by atoms with Crippen LogP contribution in [0.15, 0.2) is 36.7 Å². The molecule has 2 nitrogen and oxygen atoms in total. The summed E-state index contributed by atoms with van der Waals surface area (Å²) in [6, 6.07) is 8.56. The molecule has 0 fully saturated rings. The van der Waals surface area contributed by atoms with Crippen molar-refractivity contribution in [2.24, 2.45) is 0 Å². The highest BCUT2D eigenvalue weighted by Gasteiger charge is 2.17. The molecule has 0 bridgehead atoms. The molecule has 0 N–H and O–H groups in total. The van der Waals surface area contributed by atoms with E-state index in [2.05, 4.69) is 75.8 Å². The molecular formula is C18H24N2. The minimum atomic E-state index is 0.0405. The van der Waals surface area contributed by atoms with Crippen molar-refractivity contribution in [2.75, 3.05) is 0 Å². The average Bonchev–Trinajstić information content (AvgIpc) is 2.37. The van der Waals surface area contributed by atoms with Gasteiger partial charge in [-0.15, -0.1) is 0 Å². The van der Waals surface area contributed by atoms with Crippen LogP contribution in [0.5, 0.6) is 0 Å². The van der Waals surface area contributed by atoms with E-state index in [9.17, 15) is 0 Å². The van der Waals surface area contributed by atoms with Crippen LogP contribution in [-0.4, -0.2) is 9.97 Å². The molecule has 2 aromatic rings. The monoisotopic (exact) mass is 268 g/mol. The molecule has 1 heterocycles. The van der Waals surface area contributed by atoms with E-state index in [4.69, 9.17) is 0 Å². The lowest BCUT2D eigenvalue weighted by Crippen LogP contribution is -2.14. The summed E-state index contributed by atoms with van der Waals surface area (Å²) in [5, 5.41) is 0. The smallest absolute Gasteiger partial charge is 0.0885 e. The molecule has 2 rings (SSSR count). The minimum Gasteiger partial charge on any atom is -0.257 e. The maximum absolute atomic E-state index is 4.58. The summed E-state index contributed by atoms with van der Waals surface area (Å²) in [4.78, 5) is 9.13. The van der Waals surface area contributed by atoms with Crippen molar-refractivity contribution in [3.8, 4) is 11.3 Å². The van der Waals surface area contributed by atoms with Crippen molar-refractivity contribution in [2.45, 2.75) is 52.4 Å². The van der Waals surface area contributed by atoms with E-state index >= 15 is 0 Å². The second-order valence-electron chi connectivity index (χ2n) is 7.37. The Labute approximate surface area is 122 Å². The fourth-order valence-electron chi connectivity index (χ4n) is 2.01. The lowest BCUT2D eigenvalue weighted by atomic mass is 9.86. The quantitative estimate of drug-likeness (QED) is 0.746. The fraction of sp³-hybridized carbons (Fsp3) is 0.444. The third-order valence-corrected chi connectivity index (χ3v) is 3.44. The molecule has 1 aromatic carbocycles. The van der Waals surface area contributed by atoms with Crippen LogP contribution >= 0.6 is 0 Å². The Kier molecular flexibility index (Phi) is 3.68. The van der Waals surface area contributed by atoms with E-state index in [1.54, 1.807) is 0 Å². The number of hydrogen-bond donors (Lipinski definition) is 0. The van der Waals surface area contributed by atoms with Crippen molar-refractivity contribution in [3.05, 3.63) is 47.9 Å². The van der Waals surface area contributed by atoms with E-state index in [1.807, 2.05) is 12.4 Å². The van der Waals surface area contributed by atoms with Crippen LogP contribution in [0.3, 0.4) is 0 Å². The normalized spacial score (nSPS) is 12.5. The Balaban J connectivity index is 2.38. The summed E-state index contributed by atoms with van der Waals surface area (Å²) in [7, 11) is 0. The summed E-state index contributed by atoms with van der Waals surface area (Å²) >= 11 is 0. The molecule has 1 aromatic heterocycles. The van der Waals surface area contributed by atoms with Gasteiger partial charge in [-0.3, -0.25) is 9.97 Å². The van der Waals surface area contributed by atoms with E-state index in [-0.39, 0.29) is 10.8 Å². The SMILES string of the molecule is CC(C)(C)c1cccc(-c2cnc(C(C)(C)C)cn2)c1. The summed E-state index contributed by atoms with van der Waals surface area (Å²) < 4.78 is 0. The lowest BCUT2D eigenvalue weighted by molar-refractivity contribution is 0.566. The van der Waals surface area contributed by atoms with Gasteiger partial charge in [-0.05, 0) is 17.0 Å². The standard InChI is InChI=1S/C18H24N2/c1-17(2,3)14-9-7-8-13(10-14)15-11-20-16(12-19-15)18(4,5)6/h7-12H,1-6H3. The maximum Gasteiger partial charge on any atom is 0.0885 e. The average molecular weight is 268 g/mol. The van der Waals surface area contributed by atoms with Crippen LogP contribution in [0, 0.1) is 0 Å². The first-order chi connectivity index (χ1) is 9.18. The highest BCUT2D eigenvalue weighted by Crippen LogP contribution is 2.27. The first-order valence-corrected chi connectivity index (χ1v) is 7.11. The van der Waals surface area contributed by atoms with E-state index in [1.165, 1.54) is 5.56 Å². The van der Waals surface area contributed by atoms with Gasteiger partial charge < -0.3 is 0 Å². The van der Waals surface area contributed by atoms with E-state index in [0.29, 0.717) is 0 Å². The maximum atomic E-state index is 4.58. The van der Waals surface area contributed by atoms with Gasteiger partial charge in [0.25, 0.3) is 0 Å².